The molecule has 0 aliphatic carbocycles. The van der Waals surface area contributed by atoms with Gasteiger partial charge in [-0.3, -0.25) is 0 Å². The van der Waals surface area contributed by atoms with Crippen molar-refractivity contribution in [3.05, 3.63) is 168 Å². The Morgan fingerprint density at radius 3 is 1.66 bits per heavy atom. The first kappa shape index (κ1) is 41.1. The maximum absolute atomic E-state index is 15.8. The fourth-order valence-electron chi connectivity index (χ4n) is 11.7. The Kier molecular flexibility index (Phi) is 9.00. The number of hydrogen-bond donors (Lipinski definition) is 0. The summed E-state index contributed by atoms with van der Waals surface area (Å²) >= 11 is 3.56. The summed E-state index contributed by atoms with van der Waals surface area (Å²) < 4.78 is 49.8. The van der Waals surface area contributed by atoms with Crippen LogP contribution in [-0.2, 0) is 6.18 Å². The lowest BCUT2D eigenvalue weighted by molar-refractivity contribution is -0.137. The number of rotatable bonds is 5. The van der Waals surface area contributed by atoms with Crippen LogP contribution in [0, 0.1) is 0 Å². The fraction of sp³-hybridized carbons (Fsp3) is 0.172. The van der Waals surface area contributed by atoms with Crippen molar-refractivity contribution in [1.82, 2.24) is 0 Å². The number of alkyl halides is 3. The summed E-state index contributed by atoms with van der Waals surface area (Å²) in [5.74, 6) is 0.767. The molecule has 0 spiro atoms. The molecule has 67 heavy (non-hydrogen) atoms. The van der Waals surface area contributed by atoms with E-state index in [1.807, 2.05) is 4.90 Å². The van der Waals surface area contributed by atoms with E-state index in [-0.39, 0.29) is 30.9 Å². The van der Waals surface area contributed by atoms with Crippen molar-refractivity contribution in [1.29, 1.82) is 0 Å². The fourth-order valence-corrected chi connectivity index (χ4v) is 14.2. The van der Waals surface area contributed by atoms with E-state index in [2.05, 4.69) is 168 Å². The maximum Gasteiger partial charge on any atom is 0.418 e. The molecule has 2 nitrogen and oxygen atoms in total. The number of benzene rings is 8. The van der Waals surface area contributed by atoms with Crippen LogP contribution >= 0.6 is 23.1 Å². The van der Waals surface area contributed by atoms with Crippen LogP contribution in [0.25, 0.3) is 31.3 Å². The lowest BCUT2D eigenvalue weighted by Crippen LogP contribution is -2.68. The molecule has 13 rings (SSSR count). The van der Waals surface area contributed by atoms with Crippen LogP contribution in [-0.4, -0.2) is 13.4 Å². The summed E-state index contributed by atoms with van der Waals surface area (Å²) in [6, 6.07) is 50.9. The van der Waals surface area contributed by atoms with E-state index in [0.29, 0.717) is 5.92 Å². The second-order valence-corrected chi connectivity index (χ2v) is 21.8. The molecule has 4 aliphatic rings. The zero-order chi connectivity index (χ0) is 45.8. The Hall–Kier alpha value is -6.15. The van der Waals surface area contributed by atoms with Crippen molar-refractivity contribution < 1.29 is 13.2 Å². The number of anilines is 6. The third-order valence-electron chi connectivity index (χ3n) is 14.9. The van der Waals surface area contributed by atoms with Crippen LogP contribution in [0.4, 0.5) is 47.3 Å². The number of nitrogens with zero attached hydrogens (tertiary/aromatic N) is 2. The third kappa shape index (κ3) is 5.80. The predicted molar refractivity (Wildman–Crippen MR) is 281 cm³/mol. The molecule has 0 saturated carbocycles. The molecule has 8 aromatic carbocycles. The molecular weight excluding hydrogens is 867 g/mol. The topological polar surface area (TPSA) is 6.48 Å². The van der Waals surface area contributed by atoms with Crippen molar-refractivity contribution in [2.24, 2.45) is 0 Å². The minimum absolute atomic E-state index is 0.119. The Labute approximate surface area is 398 Å². The predicted octanol–water partition coefficient (Wildman–Crippen LogP) is 13.5. The van der Waals surface area contributed by atoms with Gasteiger partial charge in [0, 0.05) is 58.3 Å². The second-order valence-electron chi connectivity index (χ2n) is 19.6. The van der Waals surface area contributed by atoms with Crippen molar-refractivity contribution in [3.8, 4) is 11.1 Å². The van der Waals surface area contributed by atoms with Gasteiger partial charge in [-0.2, -0.15) is 13.2 Å². The quantitative estimate of drug-likeness (QED) is 0.159. The van der Waals surface area contributed by atoms with E-state index in [1.54, 1.807) is 35.2 Å². The molecule has 4 aliphatic heterocycles. The third-order valence-corrected chi connectivity index (χ3v) is 17.2. The highest BCUT2D eigenvalue weighted by atomic mass is 32.2. The first-order valence-electron chi connectivity index (χ1n) is 23.5. The van der Waals surface area contributed by atoms with Crippen LogP contribution in [0.3, 0.4) is 0 Å². The van der Waals surface area contributed by atoms with Crippen molar-refractivity contribution in [3.63, 3.8) is 0 Å². The molecular formula is C58H45B2F3N2S2. The number of thiophene rings is 1. The van der Waals surface area contributed by atoms with E-state index in [9.17, 15) is 0 Å². The summed E-state index contributed by atoms with van der Waals surface area (Å²) in [6.07, 6.45) is -4.62. The van der Waals surface area contributed by atoms with Gasteiger partial charge in [-0.05, 0) is 116 Å². The summed E-state index contributed by atoms with van der Waals surface area (Å²) in [5, 5.41) is 2.28. The molecule has 0 N–H and O–H groups in total. The first-order valence-corrected chi connectivity index (χ1v) is 25.1. The van der Waals surface area contributed by atoms with E-state index in [0.717, 1.165) is 76.4 Å². The van der Waals surface area contributed by atoms with Gasteiger partial charge in [-0.1, -0.05) is 156 Å². The maximum atomic E-state index is 15.8. The minimum atomic E-state index is -4.62. The lowest BCUT2D eigenvalue weighted by Gasteiger charge is -2.51. The van der Waals surface area contributed by atoms with Crippen LogP contribution in [0.15, 0.2) is 155 Å². The first-order chi connectivity index (χ1) is 32.4. The Balaban J connectivity index is 1.30. The van der Waals surface area contributed by atoms with Crippen LogP contribution in [0.2, 0.25) is 0 Å². The van der Waals surface area contributed by atoms with Gasteiger partial charge in [-0.25, -0.2) is 0 Å². The van der Waals surface area contributed by atoms with Gasteiger partial charge in [-0.15, -0.1) is 11.3 Å². The molecule has 5 heterocycles. The molecule has 0 fully saturated rings. The molecule has 0 atom stereocenters. The van der Waals surface area contributed by atoms with Crippen LogP contribution < -0.4 is 42.6 Å². The van der Waals surface area contributed by atoms with Crippen LogP contribution in [0.1, 0.15) is 81.5 Å². The molecule has 0 saturated heterocycles. The highest BCUT2D eigenvalue weighted by Crippen LogP contribution is 2.56. The van der Waals surface area contributed by atoms with E-state index in [1.165, 1.54) is 54.7 Å². The number of halogens is 3. The molecule has 0 amide bonds. The molecule has 1 aromatic heterocycles. The normalized spacial score (nSPS) is 14.3. The summed E-state index contributed by atoms with van der Waals surface area (Å²) in [6.45, 7) is 13.0. The lowest BCUT2D eigenvalue weighted by atomic mass is 9.29. The summed E-state index contributed by atoms with van der Waals surface area (Å²) in [4.78, 5) is 6.80. The van der Waals surface area contributed by atoms with Crippen molar-refractivity contribution in [2.75, 3.05) is 9.80 Å². The number of fused-ring (bicyclic) bond motifs is 13. The minimum Gasteiger partial charge on any atom is -0.312 e. The standard InChI is InChI=1S/C58H45B2F3N2S2/c1-31(2)34-23-26-46-41(28-34)59-40-17-9-12-20-49(40)67-57-52(38-15-13-21-50-51(38)37-14-7-11-19-48(37)66-50)55-53-56(54(57)59)65(46)47-27-24-36(33(5)6)30-43(47)60(53)42-29-35(32(3)4)22-25-45(42)64(55)44-18-10-8-16-39(44)58(61,62)63/h7-33H,1-6H3. The SMILES string of the molecule is CC(C)c1ccc2c(c1)B1c3ccccc3Sc3c1c1c4c(c3-c3cccc5sc6ccccc6c35)N(c3ccccc3C(F)(F)F)c3ccc(C(C)C)cc3B4c3cc(C(C)C)ccc3N21. The molecule has 326 valence electrons. The van der Waals surface area contributed by atoms with Gasteiger partial charge in [0.05, 0.1) is 16.9 Å². The van der Waals surface area contributed by atoms with Gasteiger partial charge < -0.3 is 9.80 Å². The second kappa shape index (κ2) is 14.7. The highest BCUT2D eigenvalue weighted by Gasteiger charge is 2.53. The zero-order valence-corrected chi connectivity index (χ0v) is 39.7. The average Bonchev–Trinajstić information content (AvgIpc) is 3.72. The van der Waals surface area contributed by atoms with Crippen LogP contribution in [0.5, 0.6) is 0 Å². The number of para-hydroxylation sites is 1. The molecule has 9 aromatic rings. The summed E-state index contributed by atoms with van der Waals surface area (Å²) in [7, 11) is 0. The van der Waals surface area contributed by atoms with Crippen molar-refractivity contribution >= 4 is 124 Å². The zero-order valence-electron chi connectivity index (χ0n) is 38.1. The van der Waals surface area contributed by atoms with Gasteiger partial charge >= 0.3 is 6.18 Å². The Morgan fingerprint density at radius 2 is 1.03 bits per heavy atom. The van der Waals surface area contributed by atoms with Crippen molar-refractivity contribution in [2.45, 2.75) is 75.3 Å². The number of hydrogen-bond acceptors (Lipinski definition) is 4. The van der Waals surface area contributed by atoms with Gasteiger partial charge in [0.25, 0.3) is 6.71 Å². The molecule has 0 bridgehead atoms. The highest BCUT2D eigenvalue weighted by molar-refractivity contribution is 8.00. The van der Waals surface area contributed by atoms with Gasteiger partial charge in [0.15, 0.2) is 0 Å². The largest absolute Gasteiger partial charge is 0.418 e. The smallest absolute Gasteiger partial charge is 0.312 e. The Morgan fingerprint density at radius 1 is 0.493 bits per heavy atom. The van der Waals surface area contributed by atoms with Gasteiger partial charge in [0.1, 0.15) is 0 Å². The van der Waals surface area contributed by atoms with E-state index >= 15 is 13.2 Å². The van der Waals surface area contributed by atoms with E-state index in [4.69, 9.17) is 0 Å². The Bertz CT molecular complexity index is 3590. The average molecular weight is 913 g/mol. The monoisotopic (exact) mass is 912 g/mol. The van der Waals surface area contributed by atoms with Gasteiger partial charge in [0.2, 0.25) is 6.71 Å². The molecule has 9 heteroatoms. The molecule has 0 radical (unpaired) electrons. The van der Waals surface area contributed by atoms with E-state index < -0.39 is 11.7 Å². The molecule has 0 unspecified atom stereocenters. The summed E-state index contributed by atoms with van der Waals surface area (Å²) in [5.41, 5.74) is 17.1.